The summed E-state index contributed by atoms with van der Waals surface area (Å²) in [5.41, 5.74) is 1.56. The Hall–Kier alpha value is -2.67. The van der Waals surface area contributed by atoms with Crippen molar-refractivity contribution in [1.82, 2.24) is 19.7 Å². The predicted octanol–water partition coefficient (Wildman–Crippen LogP) is 3.10. The van der Waals surface area contributed by atoms with Crippen molar-refractivity contribution in [2.45, 2.75) is 51.7 Å². The van der Waals surface area contributed by atoms with Crippen molar-refractivity contribution in [2.75, 3.05) is 24.6 Å². The van der Waals surface area contributed by atoms with Crippen LogP contribution in [-0.2, 0) is 16.7 Å². The summed E-state index contributed by atoms with van der Waals surface area (Å²) in [4.78, 5) is 22.3. The number of H-pyrrole nitrogens is 1. The number of hydrogen-bond donors (Lipinski definition) is 1. The molecule has 1 N–H and O–H groups in total. The summed E-state index contributed by atoms with van der Waals surface area (Å²) < 4.78 is 7.90. The fraction of sp³-hybridized carbons (Fsp3) is 0.500. The summed E-state index contributed by atoms with van der Waals surface area (Å²) in [6.45, 7) is 8.53. The Morgan fingerprint density at radius 3 is 2.59 bits per heavy atom. The van der Waals surface area contributed by atoms with Crippen molar-refractivity contribution in [3.05, 3.63) is 52.4 Å². The maximum Gasteiger partial charge on any atom is 0.263 e. The van der Waals surface area contributed by atoms with Crippen molar-refractivity contribution in [1.29, 1.82) is 0 Å². The van der Waals surface area contributed by atoms with Gasteiger partial charge >= 0.3 is 0 Å². The van der Waals surface area contributed by atoms with E-state index in [-0.39, 0.29) is 17.2 Å². The van der Waals surface area contributed by atoms with Crippen LogP contribution >= 0.6 is 0 Å². The second-order valence-corrected chi connectivity index (χ2v) is 8.65. The van der Waals surface area contributed by atoms with Crippen LogP contribution in [0.2, 0.25) is 0 Å². The number of anilines is 1. The van der Waals surface area contributed by atoms with Crippen molar-refractivity contribution in [3.8, 4) is 0 Å². The Morgan fingerprint density at radius 2 is 1.90 bits per heavy atom. The van der Waals surface area contributed by atoms with Crippen LogP contribution in [0, 0.1) is 0 Å². The van der Waals surface area contributed by atoms with E-state index in [0.717, 1.165) is 39.0 Å². The van der Waals surface area contributed by atoms with Crippen LogP contribution < -0.4 is 10.5 Å². The molecule has 1 saturated heterocycles. The van der Waals surface area contributed by atoms with Gasteiger partial charge < -0.3 is 9.64 Å². The standard InChI is InChI=1S/C22H29N5O2/c1-22(2,3)27-19-18(15-23-27)20(28)25-21(24-19)26-12-9-17(10-13-26)29-14-11-16-7-5-4-6-8-16/h4-8,15,17H,9-14H2,1-3H3,(H,24,25,28). The quantitative estimate of drug-likeness (QED) is 0.718. The van der Waals surface area contributed by atoms with Crippen LogP contribution in [-0.4, -0.2) is 45.5 Å². The van der Waals surface area contributed by atoms with Crippen molar-refractivity contribution >= 4 is 17.0 Å². The van der Waals surface area contributed by atoms with Crippen LogP contribution in [0.25, 0.3) is 11.0 Å². The van der Waals surface area contributed by atoms with Gasteiger partial charge in [-0.2, -0.15) is 10.1 Å². The highest BCUT2D eigenvalue weighted by Gasteiger charge is 2.24. The van der Waals surface area contributed by atoms with Crippen molar-refractivity contribution in [2.24, 2.45) is 0 Å². The maximum absolute atomic E-state index is 12.5. The molecule has 3 heterocycles. The molecule has 0 saturated carbocycles. The van der Waals surface area contributed by atoms with Gasteiger partial charge in [0.15, 0.2) is 5.65 Å². The van der Waals surface area contributed by atoms with Gasteiger partial charge in [0.1, 0.15) is 5.39 Å². The number of fused-ring (bicyclic) bond motifs is 1. The Kier molecular flexibility index (Phi) is 5.41. The molecule has 3 aromatic rings. The zero-order chi connectivity index (χ0) is 20.4. The fourth-order valence-corrected chi connectivity index (χ4v) is 3.77. The lowest BCUT2D eigenvalue weighted by atomic mass is 10.1. The number of piperidine rings is 1. The molecule has 7 heteroatoms. The number of nitrogens with zero attached hydrogens (tertiary/aromatic N) is 4. The minimum absolute atomic E-state index is 0.137. The number of ether oxygens (including phenoxy) is 1. The third kappa shape index (κ3) is 4.34. The Bertz CT molecular complexity index is 1010. The van der Waals surface area contributed by atoms with Gasteiger partial charge in [0.2, 0.25) is 5.95 Å². The van der Waals surface area contributed by atoms with Gasteiger partial charge in [-0.25, -0.2) is 4.68 Å². The molecule has 154 valence electrons. The first-order chi connectivity index (χ1) is 13.9. The summed E-state index contributed by atoms with van der Waals surface area (Å²) in [5, 5.41) is 4.91. The minimum atomic E-state index is -0.237. The first kappa shape index (κ1) is 19.6. The van der Waals surface area contributed by atoms with Crippen molar-refractivity contribution < 1.29 is 4.74 Å². The van der Waals surface area contributed by atoms with E-state index in [4.69, 9.17) is 9.72 Å². The molecule has 1 aromatic carbocycles. The average Bonchev–Trinajstić information content (AvgIpc) is 3.14. The first-order valence-electron chi connectivity index (χ1n) is 10.3. The largest absolute Gasteiger partial charge is 0.378 e. The summed E-state index contributed by atoms with van der Waals surface area (Å²) >= 11 is 0. The molecule has 1 aliphatic heterocycles. The smallest absolute Gasteiger partial charge is 0.263 e. The number of hydrogen-bond acceptors (Lipinski definition) is 5. The molecule has 0 spiro atoms. The molecule has 0 amide bonds. The van der Waals surface area contributed by atoms with E-state index in [2.05, 4.69) is 60.0 Å². The summed E-state index contributed by atoms with van der Waals surface area (Å²) in [6.07, 6.45) is 4.64. The maximum atomic E-state index is 12.5. The number of aromatic nitrogens is 4. The zero-order valence-electron chi connectivity index (χ0n) is 17.4. The third-order valence-corrected chi connectivity index (χ3v) is 5.39. The molecule has 1 fully saturated rings. The van der Waals surface area contributed by atoms with Gasteiger partial charge in [-0.3, -0.25) is 9.78 Å². The van der Waals surface area contributed by atoms with E-state index >= 15 is 0 Å². The lowest BCUT2D eigenvalue weighted by molar-refractivity contribution is 0.0389. The number of aromatic amines is 1. The van der Waals surface area contributed by atoms with Crippen molar-refractivity contribution in [3.63, 3.8) is 0 Å². The van der Waals surface area contributed by atoms with Crippen LogP contribution in [0.5, 0.6) is 0 Å². The van der Waals surface area contributed by atoms with Gasteiger partial charge in [0.05, 0.1) is 24.4 Å². The van der Waals surface area contributed by atoms with Crippen LogP contribution in [0.15, 0.2) is 41.3 Å². The second-order valence-electron chi connectivity index (χ2n) is 8.65. The number of nitrogens with one attached hydrogen (secondary N) is 1. The van der Waals surface area contributed by atoms with Gasteiger partial charge in [-0.1, -0.05) is 30.3 Å². The van der Waals surface area contributed by atoms with Crippen LogP contribution in [0.4, 0.5) is 5.95 Å². The normalized spacial score (nSPS) is 15.9. The molecular formula is C22H29N5O2. The first-order valence-corrected chi connectivity index (χ1v) is 10.3. The molecule has 0 radical (unpaired) electrons. The van der Waals surface area contributed by atoms with E-state index in [0.29, 0.717) is 17.0 Å². The SMILES string of the molecule is CC(C)(C)n1ncc2c(=O)[nH]c(N3CCC(OCCc4ccccc4)CC3)nc21. The number of benzene rings is 1. The van der Waals surface area contributed by atoms with E-state index in [1.54, 1.807) is 6.20 Å². The van der Waals surface area contributed by atoms with Crippen LogP contribution in [0.1, 0.15) is 39.2 Å². The predicted molar refractivity (Wildman–Crippen MR) is 114 cm³/mol. The molecule has 0 atom stereocenters. The third-order valence-electron chi connectivity index (χ3n) is 5.39. The Morgan fingerprint density at radius 1 is 1.17 bits per heavy atom. The molecule has 1 aliphatic rings. The topological polar surface area (TPSA) is 76.0 Å². The van der Waals surface area contributed by atoms with E-state index in [1.165, 1.54) is 5.56 Å². The molecular weight excluding hydrogens is 366 g/mol. The molecule has 7 nitrogen and oxygen atoms in total. The molecule has 0 aliphatic carbocycles. The molecule has 0 bridgehead atoms. The van der Waals surface area contributed by atoms with E-state index in [1.807, 2.05) is 10.7 Å². The summed E-state index contributed by atoms with van der Waals surface area (Å²) in [6, 6.07) is 10.4. The van der Waals surface area contributed by atoms with Crippen LogP contribution in [0.3, 0.4) is 0 Å². The Labute approximate surface area is 170 Å². The second kappa shape index (κ2) is 7.99. The lowest BCUT2D eigenvalue weighted by Crippen LogP contribution is -2.39. The van der Waals surface area contributed by atoms with E-state index in [9.17, 15) is 4.79 Å². The van der Waals surface area contributed by atoms with Gasteiger partial charge in [-0.05, 0) is 45.6 Å². The fourth-order valence-electron chi connectivity index (χ4n) is 3.77. The molecule has 29 heavy (non-hydrogen) atoms. The highest BCUT2D eigenvalue weighted by molar-refractivity contribution is 5.74. The molecule has 0 unspecified atom stereocenters. The molecule has 2 aromatic heterocycles. The van der Waals surface area contributed by atoms with Gasteiger partial charge in [-0.15, -0.1) is 0 Å². The van der Waals surface area contributed by atoms with Gasteiger partial charge in [0.25, 0.3) is 5.56 Å². The zero-order valence-corrected chi connectivity index (χ0v) is 17.4. The average molecular weight is 396 g/mol. The van der Waals surface area contributed by atoms with E-state index < -0.39 is 0 Å². The number of rotatable bonds is 5. The highest BCUT2D eigenvalue weighted by Crippen LogP contribution is 2.22. The summed E-state index contributed by atoms with van der Waals surface area (Å²) in [7, 11) is 0. The monoisotopic (exact) mass is 395 g/mol. The Balaban J connectivity index is 1.39. The molecule has 4 rings (SSSR count). The minimum Gasteiger partial charge on any atom is -0.378 e. The van der Waals surface area contributed by atoms with Gasteiger partial charge in [0, 0.05) is 13.1 Å². The lowest BCUT2D eigenvalue weighted by Gasteiger charge is -2.32. The summed E-state index contributed by atoms with van der Waals surface area (Å²) in [5.74, 6) is 0.622. The highest BCUT2D eigenvalue weighted by atomic mass is 16.5.